The molecule has 6 nitrogen and oxygen atoms in total. The van der Waals surface area contributed by atoms with Gasteiger partial charge in [-0.05, 0) is 36.2 Å². The van der Waals surface area contributed by atoms with Crippen LogP contribution in [0.5, 0.6) is 0 Å². The molecule has 0 aliphatic carbocycles. The highest BCUT2D eigenvalue weighted by molar-refractivity contribution is 6.05. The summed E-state index contributed by atoms with van der Waals surface area (Å²) in [6.45, 7) is 0.607. The number of carbonyl (C=O) groups is 1. The molecule has 6 heteroatoms. The van der Waals surface area contributed by atoms with Crippen LogP contribution in [0, 0.1) is 0 Å². The number of hydrogen-bond acceptors (Lipinski definition) is 3. The van der Waals surface area contributed by atoms with E-state index in [0.717, 1.165) is 34.2 Å². The highest BCUT2D eigenvalue weighted by Gasteiger charge is 2.36. The van der Waals surface area contributed by atoms with Crippen LogP contribution < -0.4 is 0 Å². The third kappa shape index (κ3) is 2.47. The maximum atomic E-state index is 13.7. The summed E-state index contributed by atoms with van der Waals surface area (Å²) < 4.78 is 0. The molecule has 0 spiro atoms. The minimum atomic E-state index is -0.287. The topological polar surface area (TPSA) is 77.7 Å². The van der Waals surface area contributed by atoms with Crippen molar-refractivity contribution in [2.24, 2.45) is 0 Å². The SMILES string of the molecule is O=C(c1n[nH]c2ccccc12)N1CCc2c([nH]c3ccccc23)C1c1ccccn1. The lowest BCUT2D eigenvalue weighted by atomic mass is 9.94. The van der Waals surface area contributed by atoms with E-state index >= 15 is 0 Å². The van der Waals surface area contributed by atoms with Crippen LogP contribution in [0.1, 0.15) is 33.5 Å². The molecule has 0 bridgehead atoms. The third-order valence-corrected chi connectivity index (χ3v) is 5.94. The summed E-state index contributed by atoms with van der Waals surface area (Å²) >= 11 is 0. The molecule has 3 aromatic heterocycles. The number of carbonyl (C=O) groups excluding carboxylic acids is 1. The number of hydrogen-bond donors (Lipinski definition) is 2. The van der Waals surface area contributed by atoms with Gasteiger partial charge in [0.25, 0.3) is 5.91 Å². The van der Waals surface area contributed by atoms with Crippen LogP contribution in [-0.2, 0) is 6.42 Å². The number of pyridine rings is 1. The Kier molecular flexibility index (Phi) is 3.71. The Balaban J connectivity index is 1.52. The number of para-hydroxylation sites is 2. The van der Waals surface area contributed by atoms with Gasteiger partial charge in [-0.25, -0.2) is 0 Å². The number of rotatable bonds is 2. The van der Waals surface area contributed by atoms with E-state index in [2.05, 4.69) is 38.4 Å². The lowest BCUT2D eigenvalue weighted by molar-refractivity contribution is 0.0684. The van der Waals surface area contributed by atoms with E-state index in [0.29, 0.717) is 12.2 Å². The van der Waals surface area contributed by atoms with E-state index in [9.17, 15) is 4.79 Å². The molecule has 1 aliphatic rings. The molecule has 1 amide bonds. The highest BCUT2D eigenvalue weighted by Crippen LogP contribution is 2.38. The number of nitrogens with zero attached hydrogens (tertiary/aromatic N) is 3. The second-order valence-corrected chi connectivity index (χ2v) is 7.59. The van der Waals surface area contributed by atoms with Crippen LogP contribution >= 0.6 is 0 Å². The zero-order valence-electron chi connectivity index (χ0n) is 16.2. The smallest absolute Gasteiger partial charge is 0.275 e. The molecule has 6 rings (SSSR count). The molecule has 2 N–H and O–H groups in total. The van der Waals surface area contributed by atoms with E-state index in [-0.39, 0.29) is 11.9 Å². The summed E-state index contributed by atoms with van der Waals surface area (Å²) in [7, 11) is 0. The number of aromatic amines is 2. The lowest BCUT2D eigenvalue weighted by Gasteiger charge is -2.35. The zero-order valence-corrected chi connectivity index (χ0v) is 16.2. The van der Waals surface area contributed by atoms with Gasteiger partial charge in [-0.2, -0.15) is 5.10 Å². The van der Waals surface area contributed by atoms with Gasteiger partial charge < -0.3 is 9.88 Å². The maximum absolute atomic E-state index is 13.7. The van der Waals surface area contributed by atoms with E-state index in [1.54, 1.807) is 6.20 Å². The Morgan fingerprint density at radius 2 is 1.70 bits per heavy atom. The van der Waals surface area contributed by atoms with Gasteiger partial charge in [0.2, 0.25) is 0 Å². The minimum Gasteiger partial charge on any atom is -0.356 e. The number of amides is 1. The van der Waals surface area contributed by atoms with Crippen LogP contribution in [0.3, 0.4) is 0 Å². The van der Waals surface area contributed by atoms with Crippen LogP contribution in [0.25, 0.3) is 21.8 Å². The molecular formula is C24H19N5O. The summed E-state index contributed by atoms with van der Waals surface area (Å²) in [6, 6.07) is 21.6. The second-order valence-electron chi connectivity index (χ2n) is 7.59. The van der Waals surface area contributed by atoms with E-state index in [1.807, 2.05) is 53.4 Å². The fourth-order valence-electron chi connectivity index (χ4n) is 4.57. The molecule has 5 aromatic rings. The predicted molar refractivity (Wildman–Crippen MR) is 115 cm³/mol. The summed E-state index contributed by atoms with van der Waals surface area (Å²) in [5, 5.41) is 9.38. The van der Waals surface area contributed by atoms with Crippen molar-refractivity contribution in [3.8, 4) is 0 Å². The number of H-pyrrole nitrogens is 2. The van der Waals surface area contributed by atoms with Crippen LogP contribution in [0.2, 0.25) is 0 Å². The van der Waals surface area contributed by atoms with Gasteiger partial charge in [-0.1, -0.05) is 42.5 Å². The second kappa shape index (κ2) is 6.56. The fraction of sp³-hybridized carbons (Fsp3) is 0.125. The number of benzene rings is 2. The van der Waals surface area contributed by atoms with Crippen molar-refractivity contribution in [3.05, 3.63) is 95.6 Å². The van der Waals surface area contributed by atoms with Crippen molar-refractivity contribution < 1.29 is 4.79 Å². The normalized spacial score (nSPS) is 16.1. The molecule has 4 heterocycles. The average molecular weight is 393 g/mol. The first kappa shape index (κ1) is 17.0. The largest absolute Gasteiger partial charge is 0.356 e. The van der Waals surface area contributed by atoms with Crippen LogP contribution in [0.15, 0.2) is 72.9 Å². The summed E-state index contributed by atoms with van der Waals surface area (Å²) in [5.41, 5.74) is 5.54. The van der Waals surface area contributed by atoms with Gasteiger partial charge in [-0.15, -0.1) is 0 Å². The Hall–Kier alpha value is -3.93. The third-order valence-electron chi connectivity index (χ3n) is 5.94. The number of fused-ring (bicyclic) bond motifs is 4. The van der Waals surface area contributed by atoms with E-state index < -0.39 is 0 Å². The molecule has 0 radical (unpaired) electrons. The maximum Gasteiger partial charge on any atom is 0.275 e. The van der Waals surface area contributed by atoms with Crippen molar-refractivity contribution >= 4 is 27.7 Å². The Bertz CT molecular complexity index is 1380. The zero-order chi connectivity index (χ0) is 20.1. The summed E-state index contributed by atoms with van der Waals surface area (Å²) in [4.78, 5) is 23.8. The van der Waals surface area contributed by atoms with E-state index in [4.69, 9.17) is 0 Å². The highest BCUT2D eigenvalue weighted by atomic mass is 16.2. The Morgan fingerprint density at radius 1 is 0.933 bits per heavy atom. The molecule has 1 aliphatic heterocycles. The first-order chi connectivity index (χ1) is 14.8. The molecule has 1 atom stereocenters. The van der Waals surface area contributed by atoms with E-state index in [1.165, 1.54) is 10.9 Å². The van der Waals surface area contributed by atoms with Gasteiger partial charge in [0, 0.05) is 34.7 Å². The van der Waals surface area contributed by atoms with Crippen molar-refractivity contribution in [2.45, 2.75) is 12.5 Å². The van der Waals surface area contributed by atoms with Crippen LogP contribution in [0.4, 0.5) is 0 Å². The number of nitrogens with one attached hydrogen (secondary N) is 2. The first-order valence-electron chi connectivity index (χ1n) is 10.1. The minimum absolute atomic E-state index is 0.0904. The molecular weight excluding hydrogens is 374 g/mol. The van der Waals surface area contributed by atoms with Crippen molar-refractivity contribution in [1.82, 2.24) is 25.1 Å². The Morgan fingerprint density at radius 3 is 2.53 bits per heavy atom. The Labute approximate surface area is 172 Å². The molecule has 146 valence electrons. The van der Waals surface area contributed by atoms with Gasteiger partial charge in [0.05, 0.1) is 11.2 Å². The van der Waals surface area contributed by atoms with Crippen LogP contribution in [-0.4, -0.2) is 37.5 Å². The van der Waals surface area contributed by atoms with Crippen molar-refractivity contribution in [2.75, 3.05) is 6.54 Å². The first-order valence-corrected chi connectivity index (χ1v) is 10.1. The van der Waals surface area contributed by atoms with Gasteiger partial charge in [0.15, 0.2) is 5.69 Å². The molecule has 0 fully saturated rings. The molecule has 0 saturated carbocycles. The average Bonchev–Trinajstić information content (AvgIpc) is 3.40. The monoisotopic (exact) mass is 393 g/mol. The predicted octanol–water partition coefficient (Wildman–Crippen LogP) is 4.23. The standard InChI is InChI=1S/C24H19N5O/c30-24(22-17-8-2-4-10-19(17)27-28-22)29-14-12-16-15-7-1-3-9-18(15)26-21(16)23(29)20-11-5-6-13-25-20/h1-11,13,23,26H,12,14H2,(H,27,28). The van der Waals surface area contributed by atoms with Crippen molar-refractivity contribution in [1.29, 1.82) is 0 Å². The van der Waals surface area contributed by atoms with Gasteiger partial charge in [-0.3, -0.25) is 14.9 Å². The quantitative estimate of drug-likeness (QED) is 0.471. The summed E-state index contributed by atoms with van der Waals surface area (Å²) in [5.74, 6) is -0.0904. The van der Waals surface area contributed by atoms with Crippen molar-refractivity contribution in [3.63, 3.8) is 0 Å². The fourth-order valence-corrected chi connectivity index (χ4v) is 4.57. The summed E-state index contributed by atoms with van der Waals surface area (Å²) in [6.07, 6.45) is 2.57. The van der Waals surface area contributed by atoms with Gasteiger partial charge in [0.1, 0.15) is 6.04 Å². The molecule has 1 unspecified atom stereocenters. The molecule has 2 aromatic carbocycles. The van der Waals surface area contributed by atoms with Gasteiger partial charge >= 0.3 is 0 Å². The lowest BCUT2D eigenvalue weighted by Crippen LogP contribution is -2.41. The molecule has 30 heavy (non-hydrogen) atoms. The number of aromatic nitrogens is 4. The molecule has 0 saturated heterocycles.